The topological polar surface area (TPSA) is 69.2 Å². The molecule has 0 spiro atoms. The van der Waals surface area contributed by atoms with Crippen molar-refractivity contribution in [2.75, 3.05) is 13.1 Å². The highest BCUT2D eigenvalue weighted by Crippen LogP contribution is 2.49. The first-order valence-corrected chi connectivity index (χ1v) is 10.8. The largest absolute Gasteiger partial charge is 0.385 e. The second kappa shape index (κ2) is 7.07. The Morgan fingerprint density at radius 2 is 2.14 bits per heavy atom. The van der Waals surface area contributed by atoms with Gasteiger partial charge in [-0.05, 0) is 48.8 Å². The van der Waals surface area contributed by atoms with E-state index in [9.17, 15) is 14.3 Å². The number of aromatic nitrogens is 2. The third kappa shape index (κ3) is 3.09. The van der Waals surface area contributed by atoms with Crippen molar-refractivity contribution in [3.8, 4) is 10.6 Å². The minimum Gasteiger partial charge on any atom is -0.385 e. The molecule has 1 aliphatic heterocycles. The van der Waals surface area contributed by atoms with Gasteiger partial charge in [0.2, 0.25) is 0 Å². The Morgan fingerprint density at radius 3 is 2.93 bits per heavy atom. The Kier molecular flexibility index (Phi) is 4.52. The summed E-state index contributed by atoms with van der Waals surface area (Å²) in [5, 5.41) is 20.6. The van der Waals surface area contributed by atoms with Crippen molar-refractivity contribution in [1.82, 2.24) is 15.1 Å². The highest BCUT2D eigenvalue weighted by molar-refractivity contribution is 7.13. The number of carbonyl (C=O) groups excluding carboxylic acids is 1. The normalized spacial score (nSPS) is 26.5. The third-order valence-corrected chi connectivity index (χ3v) is 7.30. The molecule has 1 saturated carbocycles. The molecule has 5 rings (SSSR count). The predicted octanol–water partition coefficient (Wildman–Crippen LogP) is 4.04. The van der Waals surface area contributed by atoms with E-state index in [1.165, 1.54) is 6.07 Å². The first kappa shape index (κ1) is 18.5. The highest BCUT2D eigenvalue weighted by Gasteiger charge is 2.51. The van der Waals surface area contributed by atoms with Crippen LogP contribution in [0, 0.1) is 17.7 Å². The number of aromatic amines is 1. The van der Waals surface area contributed by atoms with Crippen LogP contribution < -0.4 is 0 Å². The number of likely N-dealkylation sites (tertiary alicyclic amines) is 1. The summed E-state index contributed by atoms with van der Waals surface area (Å²) >= 11 is 1.58. The Balaban J connectivity index is 1.39. The molecular formula is C22H22FN3O2S. The lowest BCUT2D eigenvalue weighted by Gasteiger charge is -2.41. The Morgan fingerprint density at radius 1 is 1.28 bits per heavy atom. The van der Waals surface area contributed by atoms with Gasteiger partial charge in [0, 0.05) is 24.6 Å². The molecule has 0 unspecified atom stereocenters. The number of benzene rings is 1. The van der Waals surface area contributed by atoms with Crippen molar-refractivity contribution < 1.29 is 14.3 Å². The SMILES string of the molecule is O=C(c1cc(-c2cccs2)[nH]n1)N1C[C@@H]2CCC[C@@](O)(c3ccccc3F)[C@@H]2C1. The van der Waals surface area contributed by atoms with Crippen molar-refractivity contribution >= 4 is 17.2 Å². The molecule has 1 aromatic carbocycles. The summed E-state index contributed by atoms with van der Waals surface area (Å²) in [7, 11) is 0. The van der Waals surface area contributed by atoms with Crippen molar-refractivity contribution in [1.29, 1.82) is 0 Å². The molecule has 3 heterocycles. The minimum absolute atomic E-state index is 0.144. The molecule has 3 atom stereocenters. The number of nitrogens with zero attached hydrogens (tertiary/aromatic N) is 2. The van der Waals surface area contributed by atoms with Gasteiger partial charge in [-0.3, -0.25) is 9.89 Å². The molecule has 2 aliphatic rings. The number of carbonyl (C=O) groups is 1. The van der Waals surface area contributed by atoms with Crippen molar-refractivity contribution in [3.05, 3.63) is 64.9 Å². The first-order valence-electron chi connectivity index (χ1n) is 9.92. The molecule has 1 aliphatic carbocycles. The summed E-state index contributed by atoms with van der Waals surface area (Å²) in [6.07, 6.45) is 2.27. The Bertz CT molecular complexity index is 1030. The van der Waals surface area contributed by atoms with Crippen LogP contribution in [0.5, 0.6) is 0 Å². The molecule has 1 amide bonds. The molecule has 5 nitrogen and oxygen atoms in total. The molecule has 150 valence electrons. The predicted molar refractivity (Wildman–Crippen MR) is 109 cm³/mol. The molecule has 3 aromatic rings. The number of hydrogen-bond donors (Lipinski definition) is 2. The maximum atomic E-state index is 14.5. The van der Waals surface area contributed by atoms with Crippen molar-refractivity contribution in [2.45, 2.75) is 24.9 Å². The van der Waals surface area contributed by atoms with Gasteiger partial charge in [0.05, 0.1) is 16.2 Å². The van der Waals surface area contributed by atoms with Gasteiger partial charge in [0.15, 0.2) is 5.69 Å². The second-order valence-electron chi connectivity index (χ2n) is 8.02. The molecule has 2 fully saturated rings. The number of aliphatic hydroxyl groups is 1. The van der Waals surface area contributed by atoms with Gasteiger partial charge in [0.1, 0.15) is 5.82 Å². The quantitative estimate of drug-likeness (QED) is 0.684. The van der Waals surface area contributed by atoms with Crippen LogP contribution in [0.3, 0.4) is 0 Å². The van der Waals surface area contributed by atoms with Gasteiger partial charge in [-0.15, -0.1) is 11.3 Å². The van der Waals surface area contributed by atoms with E-state index in [2.05, 4.69) is 10.2 Å². The fourth-order valence-electron chi connectivity index (χ4n) is 4.99. The maximum Gasteiger partial charge on any atom is 0.274 e. The average Bonchev–Trinajstić information content (AvgIpc) is 3.47. The molecule has 2 N–H and O–H groups in total. The van der Waals surface area contributed by atoms with Gasteiger partial charge < -0.3 is 10.0 Å². The van der Waals surface area contributed by atoms with E-state index in [1.54, 1.807) is 40.5 Å². The number of hydrogen-bond acceptors (Lipinski definition) is 4. The number of fused-ring (bicyclic) bond motifs is 1. The monoisotopic (exact) mass is 411 g/mol. The van der Waals surface area contributed by atoms with Crippen LogP contribution in [0.1, 0.15) is 35.3 Å². The number of H-pyrrole nitrogens is 1. The smallest absolute Gasteiger partial charge is 0.274 e. The van der Waals surface area contributed by atoms with E-state index in [-0.39, 0.29) is 23.6 Å². The van der Waals surface area contributed by atoms with Crippen LogP contribution in [-0.4, -0.2) is 39.2 Å². The van der Waals surface area contributed by atoms with E-state index in [4.69, 9.17) is 0 Å². The zero-order valence-corrected chi connectivity index (χ0v) is 16.7. The van der Waals surface area contributed by atoms with Crippen LogP contribution >= 0.6 is 11.3 Å². The third-order valence-electron chi connectivity index (χ3n) is 6.40. The average molecular weight is 412 g/mol. The summed E-state index contributed by atoms with van der Waals surface area (Å²) in [4.78, 5) is 15.9. The van der Waals surface area contributed by atoms with Crippen LogP contribution in [0.25, 0.3) is 10.6 Å². The zero-order valence-electron chi connectivity index (χ0n) is 15.8. The van der Waals surface area contributed by atoms with Gasteiger partial charge in [-0.25, -0.2) is 4.39 Å². The molecule has 0 bridgehead atoms. The lowest BCUT2D eigenvalue weighted by molar-refractivity contribution is -0.0668. The molecule has 2 aromatic heterocycles. The number of thiophene rings is 1. The highest BCUT2D eigenvalue weighted by atomic mass is 32.1. The van der Waals surface area contributed by atoms with Crippen LogP contribution in [-0.2, 0) is 5.60 Å². The lowest BCUT2D eigenvalue weighted by atomic mass is 9.67. The minimum atomic E-state index is -1.24. The van der Waals surface area contributed by atoms with E-state index in [0.29, 0.717) is 30.8 Å². The number of rotatable bonds is 3. The van der Waals surface area contributed by atoms with Crippen molar-refractivity contribution in [2.24, 2.45) is 11.8 Å². The molecule has 29 heavy (non-hydrogen) atoms. The van der Waals surface area contributed by atoms with E-state index < -0.39 is 5.60 Å². The van der Waals surface area contributed by atoms with Crippen LogP contribution in [0.15, 0.2) is 47.8 Å². The Labute approximate surface area is 172 Å². The van der Waals surface area contributed by atoms with Crippen molar-refractivity contribution in [3.63, 3.8) is 0 Å². The van der Waals surface area contributed by atoms with Crippen LogP contribution in [0.4, 0.5) is 4.39 Å². The number of halogens is 1. The van der Waals surface area contributed by atoms with E-state index >= 15 is 0 Å². The second-order valence-corrected chi connectivity index (χ2v) is 8.96. The number of nitrogens with one attached hydrogen (secondary N) is 1. The molecule has 7 heteroatoms. The molecule has 1 saturated heterocycles. The van der Waals surface area contributed by atoms with Gasteiger partial charge in [-0.1, -0.05) is 24.3 Å². The lowest BCUT2D eigenvalue weighted by Crippen LogP contribution is -2.43. The van der Waals surface area contributed by atoms with E-state index in [1.807, 2.05) is 17.5 Å². The summed E-state index contributed by atoms with van der Waals surface area (Å²) < 4.78 is 14.5. The summed E-state index contributed by atoms with van der Waals surface area (Å²) in [6, 6.07) is 12.2. The maximum absolute atomic E-state index is 14.5. The van der Waals surface area contributed by atoms with Gasteiger partial charge >= 0.3 is 0 Å². The Hall–Kier alpha value is -2.51. The zero-order chi connectivity index (χ0) is 20.0. The fraction of sp³-hybridized carbons (Fsp3) is 0.364. The van der Waals surface area contributed by atoms with Gasteiger partial charge in [0.25, 0.3) is 5.91 Å². The summed E-state index contributed by atoms with van der Waals surface area (Å²) in [6.45, 7) is 0.983. The molecular weight excluding hydrogens is 389 g/mol. The van der Waals surface area contributed by atoms with Gasteiger partial charge in [-0.2, -0.15) is 5.10 Å². The van der Waals surface area contributed by atoms with E-state index in [0.717, 1.165) is 23.4 Å². The molecule has 0 radical (unpaired) electrons. The first-order chi connectivity index (χ1) is 14.1. The summed E-state index contributed by atoms with van der Waals surface area (Å²) in [5.74, 6) is -0.538. The summed E-state index contributed by atoms with van der Waals surface area (Å²) in [5.41, 5.74) is 0.310. The number of amides is 1. The standard InChI is InChI=1S/C22H22FN3O2S/c23-17-7-2-1-6-15(17)22(28)9-3-5-14-12-26(13-16(14)22)21(27)19-11-18(24-25-19)20-8-4-10-29-20/h1-2,4,6-8,10-11,14,16,28H,3,5,9,12-13H2,(H,24,25)/t14-,16+,22+/m0/s1. The fourth-order valence-corrected chi connectivity index (χ4v) is 5.68. The van der Waals surface area contributed by atoms with Crippen LogP contribution in [0.2, 0.25) is 0 Å².